The number of rotatable bonds is 5. The fourth-order valence-corrected chi connectivity index (χ4v) is 3.16. The van der Waals surface area contributed by atoms with Gasteiger partial charge in [0.25, 0.3) is 0 Å². The molecule has 1 aromatic heterocycles. The van der Waals surface area contributed by atoms with E-state index in [4.69, 9.17) is 10.5 Å². The normalized spacial score (nSPS) is 22.6. The molecule has 108 valence electrons. The van der Waals surface area contributed by atoms with E-state index < -0.39 is 0 Å². The lowest BCUT2D eigenvalue weighted by Gasteiger charge is -2.35. The van der Waals surface area contributed by atoms with Gasteiger partial charge in [0, 0.05) is 19.6 Å². The second kappa shape index (κ2) is 6.83. The number of ether oxygens (including phenoxy) is 1. The summed E-state index contributed by atoms with van der Waals surface area (Å²) in [4.78, 5) is 2.43. The largest absolute Gasteiger partial charge is 0.374 e. The summed E-state index contributed by atoms with van der Waals surface area (Å²) in [5.41, 5.74) is 7.44. The number of nitrogens with zero attached hydrogens (tertiary/aromatic N) is 3. The van der Waals surface area contributed by atoms with Crippen molar-refractivity contribution in [3.8, 4) is 0 Å². The Morgan fingerprint density at radius 1 is 1.58 bits per heavy atom. The van der Waals surface area contributed by atoms with Crippen molar-refractivity contribution in [2.45, 2.75) is 39.0 Å². The molecule has 1 aliphatic heterocycles. The molecule has 0 aromatic carbocycles. The number of nitrogens with two attached hydrogens (primary N) is 1. The third-order valence-electron chi connectivity index (χ3n) is 3.57. The molecule has 1 fully saturated rings. The molecule has 0 bridgehead atoms. The minimum Gasteiger partial charge on any atom is -0.374 e. The van der Waals surface area contributed by atoms with Gasteiger partial charge in [0.05, 0.1) is 35.1 Å². The van der Waals surface area contributed by atoms with Crippen LogP contribution in [0.2, 0.25) is 0 Å². The summed E-state index contributed by atoms with van der Waals surface area (Å²) in [7, 11) is 0. The molecule has 1 aliphatic rings. The number of aromatic nitrogens is 2. The van der Waals surface area contributed by atoms with Crippen molar-refractivity contribution in [1.29, 1.82) is 0 Å². The number of hydrogen-bond acceptors (Lipinski definition) is 4. The first kappa shape index (κ1) is 15.0. The minimum atomic E-state index is -0.142. The van der Waals surface area contributed by atoms with E-state index in [1.807, 2.05) is 10.9 Å². The lowest BCUT2D eigenvalue weighted by Crippen LogP contribution is -2.47. The van der Waals surface area contributed by atoms with E-state index in [9.17, 15) is 0 Å². The highest BCUT2D eigenvalue weighted by atomic mass is 79.9. The first-order valence-electron chi connectivity index (χ1n) is 6.98. The van der Waals surface area contributed by atoms with Crippen LogP contribution in [0, 0.1) is 0 Å². The fourth-order valence-electron chi connectivity index (χ4n) is 2.60. The van der Waals surface area contributed by atoms with Gasteiger partial charge in [-0.3, -0.25) is 9.58 Å². The summed E-state index contributed by atoms with van der Waals surface area (Å²) in [5.74, 6) is 0. The summed E-state index contributed by atoms with van der Waals surface area (Å²) >= 11 is 3.54. The molecule has 2 unspecified atom stereocenters. The minimum absolute atomic E-state index is 0.0404. The van der Waals surface area contributed by atoms with Gasteiger partial charge in [-0.1, -0.05) is 6.92 Å². The molecule has 2 atom stereocenters. The van der Waals surface area contributed by atoms with Crippen molar-refractivity contribution in [2.75, 3.05) is 26.2 Å². The zero-order valence-corrected chi connectivity index (χ0v) is 13.3. The monoisotopic (exact) mass is 330 g/mol. The molecule has 0 saturated carbocycles. The van der Waals surface area contributed by atoms with Crippen LogP contribution in [-0.2, 0) is 11.3 Å². The SMILES string of the molecule is CCCN1CCOC(C(N)c2c(Br)cnn2CC)C1. The van der Waals surface area contributed by atoms with Gasteiger partial charge in [-0.25, -0.2) is 0 Å². The molecule has 2 N–H and O–H groups in total. The maximum absolute atomic E-state index is 6.41. The second-order valence-electron chi connectivity index (χ2n) is 4.93. The maximum Gasteiger partial charge on any atom is 0.0910 e. The lowest BCUT2D eigenvalue weighted by molar-refractivity contribution is -0.0420. The van der Waals surface area contributed by atoms with Crippen LogP contribution in [0.1, 0.15) is 32.0 Å². The third-order valence-corrected chi connectivity index (χ3v) is 4.18. The van der Waals surface area contributed by atoms with E-state index in [1.54, 1.807) is 0 Å². The molecule has 2 heterocycles. The fraction of sp³-hybridized carbons (Fsp3) is 0.769. The zero-order chi connectivity index (χ0) is 13.8. The van der Waals surface area contributed by atoms with Gasteiger partial charge in [-0.05, 0) is 35.8 Å². The number of hydrogen-bond donors (Lipinski definition) is 1. The van der Waals surface area contributed by atoms with Crippen molar-refractivity contribution in [1.82, 2.24) is 14.7 Å². The second-order valence-corrected chi connectivity index (χ2v) is 5.78. The number of morpholine rings is 1. The molecular formula is C13H23BrN4O. The van der Waals surface area contributed by atoms with E-state index in [1.165, 1.54) is 6.42 Å². The molecule has 0 spiro atoms. The Hall–Kier alpha value is -0.430. The molecular weight excluding hydrogens is 308 g/mol. The first-order valence-corrected chi connectivity index (χ1v) is 7.77. The Morgan fingerprint density at radius 2 is 2.37 bits per heavy atom. The highest BCUT2D eigenvalue weighted by molar-refractivity contribution is 9.10. The Bertz CT molecular complexity index is 407. The highest BCUT2D eigenvalue weighted by Gasteiger charge is 2.29. The van der Waals surface area contributed by atoms with Gasteiger partial charge in [0.1, 0.15) is 0 Å². The Morgan fingerprint density at radius 3 is 3.05 bits per heavy atom. The first-order chi connectivity index (χ1) is 9.17. The van der Waals surface area contributed by atoms with E-state index in [0.717, 1.165) is 43.0 Å². The summed E-state index contributed by atoms with van der Waals surface area (Å²) in [6.45, 7) is 8.87. The van der Waals surface area contributed by atoms with Crippen LogP contribution in [0.15, 0.2) is 10.7 Å². The van der Waals surface area contributed by atoms with E-state index >= 15 is 0 Å². The maximum atomic E-state index is 6.41. The Balaban J connectivity index is 2.10. The molecule has 0 aliphatic carbocycles. The van der Waals surface area contributed by atoms with Crippen LogP contribution in [0.3, 0.4) is 0 Å². The third kappa shape index (κ3) is 3.37. The van der Waals surface area contributed by atoms with Crippen LogP contribution in [0.4, 0.5) is 0 Å². The standard InChI is InChI=1S/C13H23BrN4O/c1-3-5-17-6-7-19-11(9-17)12(15)13-10(14)8-16-18(13)4-2/h8,11-12H,3-7,9,15H2,1-2H3. The van der Waals surface area contributed by atoms with Crippen molar-refractivity contribution < 1.29 is 4.74 Å². The van der Waals surface area contributed by atoms with Gasteiger partial charge < -0.3 is 10.5 Å². The lowest BCUT2D eigenvalue weighted by atomic mass is 10.1. The molecule has 1 saturated heterocycles. The van der Waals surface area contributed by atoms with Gasteiger partial charge >= 0.3 is 0 Å². The van der Waals surface area contributed by atoms with Crippen molar-refractivity contribution in [2.24, 2.45) is 5.73 Å². The predicted octanol–water partition coefficient (Wildman–Crippen LogP) is 1.78. The van der Waals surface area contributed by atoms with Crippen molar-refractivity contribution in [3.63, 3.8) is 0 Å². The van der Waals surface area contributed by atoms with E-state index in [0.29, 0.717) is 0 Å². The summed E-state index contributed by atoms with van der Waals surface area (Å²) in [6, 6.07) is -0.142. The summed E-state index contributed by atoms with van der Waals surface area (Å²) in [6.07, 6.45) is 3.02. The van der Waals surface area contributed by atoms with Gasteiger partial charge in [0.2, 0.25) is 0 Å². The van der Waals surface area contributed by atoms with Gasteiger partial charge in [0.15, 0.2) is 0 Å². The predicted molar refractivity (Wildman–Crippen MR) is 79.0 cm³/mol. The average Bonchev–Trinajstić information content (AvgIpc) is 2.80. The van der Waals surface area contributed by atoms with E-state index in [2.05, 4.69) is 39.8 Å². The molecule has 0 amide bonds. The van der Waals surface area contributed by atoms with Crippen LogP contribution < -0.4 is 5.73 Å². The van der Waals surface area contributed by atoms with Crippen LogP contribution >= 0.6 is 15.9 Å². The van der Waals surface area contributed by atoms with E-state index in [-0.39, 0.29) is 12.1 Å². The van der Waals surface area contributed by atoms with Gasteiger partial charge in [-0.2, -0.15) is 5.10 Å². The quantitative estimate of drug-likeness (QED) is 0.894. The molecule has 19 heavy (non-hydrogen) atoms. The molecule has 2 rings (SSSR count). The van der Waals surface area contributed by atoms with Crippen molar-refractivity contribution in [3.05, 3.63) is 16.4 Å². The van der Waals surface area contributed by atoms with Crippen molar-refractivity contribution >= 4 is 15.9 Å². The number of halogens is 1. The molecule has 1 aromatic rings. The average molecular weight is 331 g/mol. The molecule has 5 nitrogen and oxygen atoms in total. The van der Waals surface area contributed by atoms with Crippen LogP contribution in [0.5, 0.6) is 0 Å². The van der Waals surface area contributed by atoms with Gasteiger partial charge in [-0.15, -0.1) is 0 Å². The zero-order valence-electron chi connectivity index (χ0n) is 11.7. The Labute approximate surface area is 123 Å². The van der Waals surface area contributed by atoms with Crippen LogP contribution in [-0.4, -0.2) is 47.0 Å². The van der Waals surface area contributed by atoms with Crippen LogP contribution in [0.25, 0.3) is 0 Å². The molecule has 0 radical (unpaired) electrons. The highest BCUT2D eigenvalue weighted by Crippen LogP contribution is 2.26. The number of aryl methyl sites for hydroxylation is 1. The summed E-state index contributed by atoms with van der Waals surface area (Å²) < 4.78 is 8.78. The molecule has 6 heteroatoms. The summed E-state index contributed by atoms with van der Waals surface area (Å²) in [5, 5.41) is 4.33. The topological polar surface area (TPSA) is 56.3 Å². The Kier molecular flexibility index (Phi) is 5.38. The smallest absolute Gasteiger partial charge is 0.0910 e.